The van der Waals surface area contributed by atoms with Crippen LogP contribution in [0.4, 0.5) is 0 Å². The average Bonchev–Trinajstić information content (AvgIpc) is 2.39. The van der Waals surface area contributed by atoms with Crippen LogP contribution in [-0.2, 0) is 5.41 Å². The quantitative estimate of drug-likeness (QED) is 0.628. The predicted molar refractivity (Wildman–Crippen MR) is 91.3 cm³/mol. The molecule has 0 unspecified atom stereocenters. The molecule has 0 N–H and O–H groups in total. The summed E-state index contributed by atoms with van der Waals surface area (Å²) in [5.74, 6) is 0.594. The van der Waals surface area contributed by atoms with Gasteiger partial charge in [0.2, 0.25) is 0 Å². The Hall–Kier alpha value is -1.56. The van der Waals surface area contributed by atoms with Gasteiger partial charge in [-0.3, -0.25) is 0 Å². The SMILES string of the molecule is C/C=C\c1c(C)cc2ccccc2c1C(C)(C)C(C)C. The Balaban J connectivity index is 2.93. The molecule has 0 nitrogen and oxygen atoms in total. The molecule has 20 heavy (non-hydrogen) atoms. The summed E-state index contributed by atoms with van der Waals surface area (Å²) in [4.78, 5) is 0. The first-order valence-corrected chi connectivity index (χ1v) is 7.55. The fourth-order valence-electron chi connectivity index (χ4n) is 2.87. The van der Waals surface area contributed by atoms with Gasteiger partial charge in [0.15, 0.2) is 0 Å². The van der Waals surface area contributed by atoms with Crippen molar-refractivity contribution in [2.75, 3.05) is 0 Å². The van der Waals surface area contributed by atoms with E-state index in [-0.39, 0.29) is 5.41 Å². The van der Waals surface area contributed by atoms with E-state index in [0.717, 1.165) is 0 Å². The zero-order valence-electron chi connectivity index (χ0n) is 13.6. The molecule has 0 aliphatic rings. The minimum absolute atomic E-state index is 0.153. The van der Waals surface area contributed by atoms with E-state index in [0.29, 0.717) is 5.92 Å². The third-order valence-corrected chi connectivity index (χ3v) is 4.72. The highest BCUT2D eigenvalue weighted by molar-refractivity contribution is 5.91. The van der Waals surface area contributed by atoms with Crippen LogP contribution in [-0.4, -0.2) is 0 Å². The van der Waals surface area contributed by atoms with E-state index in [1.54, 1.807) is 0 Å². The zero-order chi connectivity index (χ0) is 14.9. The van der Waals surface area contributed by atoms with Crippen molar-refractivity contribution in [2.45, 2.75) is 47.0 Å². The third kappa shape index (κ3) is 2.40. The van der Waals surface area contributed by atoms with Gasteiger partial charge in [-0.05, 0) is 52.6 Å². The van der Waals surface area contributed by atoms with Crippen molar-refractivity contribution in [1.82, 2.24) is 0 Å². The fraction of sp³-hybridized carbons (Fsp3) is 0.400. The van der Waals surface area contributed by atoms with Crippen molar-refractivity contribution in [3.8, 4) is 0 Å². The molecule has 106 valence electrons. The van der Waals surface area contributed by atoms with Crippen LogP contribution in [0.3, 0.4) is 0 Å². The summed E-state index contributed by atoms with van der Waals surface area (Å²) in [6, 6.07) is 11.1. The number of benzene rings is 2. The van der Waals surface area contributed by atoms with Gasteiger partial charge >= 0.3 is 0 Å². The highest BCUT2D eigenvalue weighted by Crippen LogP contribution is 2.40. The zero-order valence-corrected chi connectivity index (χ0v) is 13.6. The second-order valence-electron chi connectivity index (χ2n) is 6.58. The highest BCUT2D eigenvalue weighted by Gasteiger charge is 2.29. The molecule has 0 aromatic heterocycles. The maximum Gasteiger partial charge on any atom is -0.00684 e. The molecule has 0 aliphatic carbocycles. The summed E-state index contributed by atoms with van der Waals surface area (Å²) in [6.07, 6.45) is 4.41. The molecule has 0 heteroatoms. The number of aryl methyl sites for hydroxylation is 1. The number of allylic oxidation sites excluding steroid dienone is 1. The lowest BCUT2D eigenvalue weighted by Gasteiger charge is -2.33. The van der Waals surface area contributed by atoms with Gasteiger partial charge < -0.3 is 0 Å². The third-order valence-electron chi connectivity index (χ3n) is 4.72. The Bertz CT molecular complexity index is 642. The van der Waals surface area contributed by atoms with E-state index in [4.69, 9.17) is 0 Å². The van der Waals surface area contributed by atoms with Gasteiger partial charge in [-0.1, -0.05) is 70.2 Å². The van der Waals surface area contributed by atoms with Crippen LogP contribution in [0, 0.1) is 12.8 Å². The standard InChI is InChI=1S/C20H26/c1-7-10-17-15(4)13-16-11-8-9-12-18(16)19(17)20(5,6)14(2)3/h7-14H,1-6H3/b10-7-. The van der Waals surface area contributed by atoms with Gasteiger partial charge in [0.05, 0.1) is 0 Å². The van der Waals surface area contributed by atoms with Crippen molar-refractivity contribution in [1.29, 1.82) is 0 Å². The predicted octanol–water partition coefficient (Wildman–Crippen LogP) is 6.11. The minimum atomic E-state index is 0.153. The lowest BCUT2D eigenvalue weighted by Crippen LogP contribution is -2.26. The van der Waals surface area contributed by atoms with Gasteiger partial charge in [0.1, 0.15) is 0 Å². The van der Waals surface area contributed by atoms with E-state index < -0.39 is 0 Å². The summed E-state index contributed by atoms with van der Waals surface area (Å²) in [5, 5.41) is 2.74. The summed E-state index contributed by atoms with van der Waals surface area (Å²) < 4.78 is 0. The molecule has 2 aromatic carbocycles. The number of hydrogen-bond acceptors (Lipinski definition) is 0. The molecular weight excluding hydrogens is 240 g/mol. The summed E-state index contributed by atoms with van der Waals surface area (Å²) >= 11 is 0. The molecule has 0 spiro atoms. The Morgan fingerprint density at radius 3 is 2.35 bits per heavy atom. The van der Waals surface area contributed by atoms with Crippen molar-refractivity contribution in [3.05, 3.63) is 53.1 Å². The Labute approximate surface area is 123 Å². The van der Waals surface area contributed by atoms with Crippen LogP contribution in [0.5, 0.6) is 0 Å². The van der Waals surface area contributed by atoms with Crippen LogP contribution in [0.2, 0.25) is 0 Å². The van der Waals surface area contributed by atoms with Crippen LogP contribution in [0.1, 0.15) is 51.3 Å². The number of rotatable bonds is 3. The van der Waals surface area contributed by atoms with E-state index in [9.17, 15) is 0 Å². The smallest absolute Gasteiger partial charge is 0.00684 e. The molecule has 0 bridgehead atoms. The monoisotopic (exact) mass is 266 g/mol. The first-order chi connectivity index (χ1) is 9.39. The summed E-state index contributed by atoms with van der Waals surface area (Å²) in [7, 11) is 0. The van der Waals surface area contributed by atoms with Crippen LogP contribution >= 0.6 is 0 Å². The van der Waals surface area contributed by atoms with E-state index >= 15 is 0 Å². The van der Waals surface area contributed by atoms with Crippen molar-refractivity contribution in [2.24, 2.45) is 5.92 Å². The van der Waals surface area contributed by atoms with E-state index in [2.05, 4.69) is 84.0 Å². The van der Waals surface area contributed by atoms with Crippen LogP contribution < -0.4 is 0 Å². The molecule has 0 fully saturated rings. The molecule has 0 saturated carbocycles. The van der Waals surface area contributed by atoms with Gasteiger partial charge in [-0.15, -0.1) is 0 Å². The van der Waals surface area contributed by atoms with Crippen molar-refractivity contribution in [3.63, 3.8) is 0 Å². The molecule has 2 rings (SSSR count). The van der Waals surface area contributed by atoms with Gasteiger partial charge in [-0.25, -0.2) is 0 Å². The average molecular weight is 266 g/mol. The Morgan fingerprint density at radius 2 is 1.75 bits per heavy atom. The lowest BCUT2D eigenvalue weighted by atomic mass is 9.71. The topological polar surface area (TPSA) is 0 Å². The number of hydrogen-bond donors (Lipinski definition) is 0. The number of fused-ring (bicyclic) bond motifs is 1. The second-order valence-corrected chi connectivity index (χ2v) is 6.58. The van der Waals surface area contributed by atoms with Gasteiger partial charge in [0, 0.05) is 0 Å². The molecule has 0 heterocycles. The fourth-order valence-corrected chi connectivity index (χ4v) is 2.87. The summed E-state index contributed by atoms with van der Waals surface area (Å²) in [5.41, 5.74) is 4.40. The molecule has 0 saturated heterocycles. The highest BCUT2D eigenvalue weighted by atomic mass is 14.3. The molecule has 2 aromatic rings. The normalized spacial score (nSPS) is 12.8. The molecule has 0 atom stereocenters. The Morgan fingerprint density at radius 1 is 1.10 bits per heavy atom. The minimum Gasteiger partial charge on any atom is -0.0870 e. The van der Waals surface area contributed by atoms with Gasteiger partial charge in [0.25, 0.3) is 0 Å². The molecule has 0 amide bonds. The van der Waals surface area contributed by atoms with Crippen molar-refractivity contribution < 1.29 is 0 Å². The van der Waals surface area contributed by atoms with E-state index in [1.165, 1.54) is 27.5 Å². The molecule has 0 aliphatic heterocycles. The first-order valence-electron chi connectivity index (χ1n) is 7.55. The lowest BCUT2D eigenvalue weighted by molar-refractivity contribution is 0.374. The van der Waals surface area contributed by atoms with Crippen LogP contribution in [0.25, 0.3) is 16.8 Å². The molecule has 0 radical (unpaired) electrons. The van der Waals surface area contributed by atoms with Crippen LogP contribution in [0.15, 0.2) is 36.4 Å². The maximum absolute atomic E-state index is 2.37. The maximum atomic E-state index is 2.37. The Kier molecular flexibility index (Phi) is 4.04. The van der Waals surface area contributed by atoms with E-state index in [1.807, 2.05) is 0 Å². The second kappa shape index (κ2) is 5.44. The largest absolute Gasteiger partial charge is 0.0870 e. The summed E-state index contributed by atoms with van der Waals surface area (Å²) in [6.45, 7) is 13.7. The van der Waals surface area contributed by atoms with Gasteiger partial charge in [-0.2, -0.15) is 0 Å². The first kappa shape index (κ1) is 14.8. The molecular formula is C20H26. The van der Waals surface area contributed by atoms with Crippen molar-refractivity contribution >= 4 is 16.8 Å².